The van der Waals surface area contributed by atoms with E-state index in [4.69, 9.17) is 0 Å². The molecule has 1 N–H and O–H groups in total. The van der Waals surface area contributed by atoms with E-state index in [1.54, 1.807) is 0 Å². The molecular formula is C17H24N4. The van der Waals surface area contributed by atoms with Gasteiger partial charge in [-0.25, -0.2) is 9.97 Å². The largest absolute Gasteiger partial charge is 0.311 e. The number of benzene rings is 1. The van der Waals surface area contributed by atoms with Crippen LogP contribution in [0.2, 0.25) is 0 Å². The first-order valence-corrected chi connectivity index (χ1v) is 7.50. The molecule has 0 aliphatic heterocycles. The molecule has 0 bridgehead atoms. The molecule has 0 saturated carbocycles. The van der Waals surface area contributed by atoms with E-state index in [0.29, 0.717) is 6.04 Å². The molecule has 2 rings (SSSR count). The van der Waals surface area contributed by atoms with Crippen LogP contribution in [0.15, 0.2) is 36.5 Å². The predicted octanol–water partition coefficient (Wildman–Crippen LogP) is 3.44. The van der Waals surface area contributed by atoms with Crippen LogP contribution < -0.4 is 10.2 Å². The monoisotopic (exact) mass is 284 g/mol. The van der Waals surface area contributed by atoms with Crippen LogP contribution in [0.4, 0.5) is 11.6 Å². The second-order valence-corrected chi connectivity index (χ2v) is 5.40. The van der Waals surface area contributed by atoms with E-state index in [-0.39, 0.29) is 0 Å². The van der Waals surface area contributed by atoms with E-state index < -0.39 is 0 Å². The summed E-state index contributed by atoms with van der Waals surface area (Å²) in [5, 5.41) is 3.40. The summed E-state index contributed by atoms with van der Waals surface area (Å²) in [4.78, 5) is 11.3. The highest BCUT2D eigenvalue weighted by Gasteiger charge is 2.11. The fraction of sp³-hybridized carbons (Fsp3) is 0.412. The fourth-order valence-electron chi connectivity index (χ4n) is 2.14. The molecule has 4 heteroatoms. The lowest BCUT2D eigenvalue weighted by atomic mass is 10.2. The van der Waals surface area contributed by atoms with Crippen molar-refractivity contribution in [1.29, 1.82) is 0 Å². The SMILES string of the molecule is CCN(c1ccccc1)c1ncc(CNC(C)C)c(C)n1. The van der Waals surface area contributed by atoms with E-state index in [0.717, 1.165) is 36.0 Å². The van der Waals surface area contributed by atoms with Crippen LogP contribution in [-0.4, -0.2) is 22.6 Å². The molecule has 0 saturated heterocycles. The lowest BCUT2D eigenvalue weighted by Crippen LogP contribution is -2.23. The molecular weight excluding hydrogens is 260 g/mol. The van der Waals surface area contributed by atoms with Crippen molar-refractivity contribution in [3.05, 3.63) is 47.8 Å². The highest BCUT2D eigenvalue weighted by atomic mass is 15.2. The van der Waals surface area contributed by atoms with Crippen molar-refractivity contribution in [3.63, 3.8) is 0 Å². The van der Waals surface area contributed by atoms with Gasteiger partial charge in [0.2, 0.25) is 5.95 Å². The Labute approximate surface area is 127 Å². The molecule has 2 aromatic rings. The Morgan fingerprint density at radius 2 is 1.90 bits per heavy atom. The third-order valence-corrected chi connectivity index (χ3v) is 3.39. The number of aromatic nitrogens is 2. The van der Waals surface area contributed by atoms with Gasteiger partial charge in [0.05, 0.1) is 0 Å². The first-order chi connectivity index (χ1) is 10.1. The van der Waals surface area contributed by atoms with Crippen LogP contribution in [0.5, 0.6) is 0 Å². The highest BCUT2D eigenvalue weighted by Crippen LogP contribution is 2.21. The fourth-order valence-corrected chi connectivity index (χ4v) is 2.14. The summed E-state index contributed by atoms with van der Waals surface area (Å²) in [6, 6.07) is 10.7. The Bertz CT molecular complexity index is 566. The average molecular weight is 284 g/mol. The zero-order valence-corrected chi connectivity index (χ0v) is 13.3. The van der Waals surface area contributed by atoms with Gasteiger partial charge in [-0.1, -0.05) is 32.0 Å². The van der Waals surface area contributed by atoms with Crippen molar-refractivity contribution in [2.45, 2.75) is 40.3 Å². The van der Waals surface area contributed by atoms with Crippen LogP contribution in [0.25, 0.3) is 0 Å². The Balaban J connectivity index is 2.22. The standard InChI is InChI=1S/C17H24N4/c1-5-21(16-9-7-6-8-10-16)17-19-12-15(14(4)20-17)11-18-13(2)3/h6-10,12-13,18H,5,11H2,1-4H3. The first-order valence-electron chi connectivity index (χ1n) is 7.50. The molecule has 0 fully saturated rings. The molecule has 0 radical (unpaired) electrons. The number of aryl methyl sites for hydroxylation is 1. The number of nitrogens with zero attached hydrogens (tertiary/aromatic N) is 3. The maximum atomic E-state index is 4.67. The average Bonchev–Trinajstić information content (AvgIpc) is 2.48. The van der Waals surface area contributed by atoms with Crippen molar-refractivity contribution in [2.24, 2.45) is 0 Å². The van der Waals surface area contributed by atoms with Gasteiger partial charge >= 0.3 is 0 Å². The summed E-state index contributed by atoms with van der Waals surface area (Å²) in [6.45, 7) is 10.1. The molecule has 112 valence electrons. The number of nitrogens with one attached hydrogen (secondary N) is 1. The van der Waals surface area contributed by atoms with Crippen LogP contribution in [0.1, 0.15) is 32.0 Å². The minimum atomic E-state index is 0.459. The van der Waals surface area contributed by atoms with Crippen molar-refractivity contribution in [3.8, 4) is 0 Å². The van der Waals surface area contributed by atoms with E-state index in [2.05, 4.69) is 53.1 Å². The summed E-state index contributed by atoms with van der Waals surface area (Å²) in [5.41, 5.74) is 3.30. The highest BCUT2D eigenvalue weighted by molar-refractivity contribution is 5.56. The van der Waals surface area contributed by atoms with Crippen LogP contribution in [0, 0.1) is 6.92 Å². The van der Waals surface area contributed by atoms with Crippen LogP contribution >= 0.6 is 0 Å². The summed E-state index contributed by atoms with van der Waals surface area (Å²) < 4.78 is 0. The third-order valence-electron chi connectivity index (χ3n) is 3.39. The minimum Gasteiger partial charge on any atom is -0.311 e. The normalized spacial score (nSPS) is 10.9. The Morgan fingerprint density at radius 3 is 2.48 bits per heavy atom. The zero-order chi connectivity index (χ0) is 15.2. The van der Waals surface area contributed by atoms with Crippen molar-refractivity contribution >= 4 is 11.6 Å². The maximum absolute atomic E-state index is 4.67. The first kappa shape index (κ1) is 15.4. The molecule has 1 heterocycles. The van der Waals surface area contributed by atoms with Gasteiger partial charge in [0.1, 0.15) is 0 Å². The van der Waals surface area contributed by atoms with Gasteiger partial charge in [-0.2, -0.15) is 0 Å². The van der Waals surface area contributed by atoms with E-state index in [1.165, 1.54) is 0 Å². The number of anilines is 2. The molecule has 0 amide bonds. The van der Waals surface area contributed by atoms with Gasteiger partial charge in [-0.05, 0) is 26.0 Å². The third kappa shape index (κ3) is 4.02. The Morgan fingerprint density at radius 1 is 1.19 bits per heavy atom. The molecule has 0 aliphatic rings. The lowest BCUT2D eigenvalue weighted by Gasteiger charge is -2.21. The molecule has 0 aliphatic carbocycles. The topological polar surface area (TPSA) is 41.1 Å². The summed E-state index contributed by atoms with van der Waals surface area (Å²) >= 11 is 0. The van der Waals surface area contributed by atoms with Gasteiger partial charge in [0.15, 0.2) is 0 Å². The zero-order valence-electron chi connectivity index (χ0n) is 13.3. The number of rotatable bonds is 6. The Hall–Kier alpha value is -1.94. The Kier molecular flexibility index (Phi) is 5.28. The minimum absolute atomic E-state index is 0.459. The van der Waals surface area contributed by atoms with E-state index in [1.807, 2.05) is 31.3 Å². The maximum Gasteiger partial charge on any atom is 0.230 e. The van der Waals surface area contributed by atoms with Gasteiger partial charge < -0.3 is 10.2 Å². The lowest BCUT2D eigenvalue weighted by molar-refractivity contribution is 0.585. The van der Waals surface area contributed by atoms with Crippen LogP contribution in [-0.2, 0) is 6.54 Å². The quantitative estimate of drug-likeness (QED) is 0.882. The molecule has 0 atom stereocenters. The number of hydrogen-bond acceptors (Lipinski definition) is 4. The van der Waals surface area contributed by atoms with Gasteiger partial charge in [-0.3, -0.25) is 0 Å². The van der Waals surface area contributed by atoms with Crippen LogP contribution in [0.3, 0.4) is 0 Å². The van der Waals surface area contributed by atoms with Gasteiger partial charge in [0.25, 0.3) is 0 Å². The van der Waals surface area contributed by atoms with Gasteiger partial charge in [-0.15, -0.1) is 0 Å². The number of hydrogen-bond donors (Lipinski definition) is 1. The summed E-state index contributed by atoms with van der Waals surface area (Å²) in [6.07, 6.45) is 1.93. The van der Waals surface area contributed by atoms with Crippen molar-refractivity contribution in [1.82, 2.24) is 15.3 Å². The predicted molar refractivity (Wildman–Crippen MR) is 87.9 cm³/mol. The second kappa shape index (κ2) is 7.18. The molecule has 0 spiro atoms. The molecule has 1 aromatic carbocycles. The molecule has 0 unspecified atom stereocenters. The summed E-state index contributed by atoms with van der Waals surface area (Å²) in [5.74, 6) is 0.759. The summed E-state index contributed by atoms with van der Waals surface area (Å²) in [7, 11) is 0. The smallest absolute Gasteiger partial charge is 0.230 e. The molecule has 4 nitrogen and oxygen atoms in total. The second-order valence-electron chi connectivity index (χ2n) is 5.40. The number of para-hydroxylation sites is 1. The van der Waals surface area contributed by atoms with Crippen molar-refractivity contribution in [2.75, 3.05) is 11.4 Å². The van der Waals surface area contributed by atoms with E-state index in [9.17, 15) is 0 Å². The van der Waals surface area contributed by atoms with E-state index >= 15 is 0 Å². The van der Waals surface area contributed by atoms with Crippen molar-refractivity contribution < 1.29 is 0 Å². The van der Waals surface area contributed by atoms with Gasteiger partial charge in [0, 0.05) is 42.3 Å². The molecule has 1 aromatic heterocycles. The molecule has 21 heavy (non-hydrogen) atoms.